The Balaban J connectivity index is 1.33. The number of carbonyl (C=O) groups is 2. The maximum Gasteiger partial charge on any atom is 0.221 e. The van der Waals surface area contributed by atoms with Crippen molar-refractivity contribution in [3.05, 3.63) is 29.3 Å². The van der Waals surface area contributed by atoms with Crippen LogP contribution in [-0.4, -0.2) is 46.9 Å². The highest BCUT2D eigenvalue weighted by atomic mass is 32.1. The maximum atomic E-state index is 12.6. The highest BCUT2D eigenvalue weighted by molar-refractivity contribution is 7.16. The summed E-state index contributed by atoms with van der Waals surface area (Å²) in [5.74, 6) is 0.893. The number of hydrogen-bond donors (Lipinski definition) is 2. The summed E-state index contributed by atoms with van der Waals surface area (Å²) in [6, 6.07) is 6.68. The molecule has 2 aliphatic rings. The van der Waals surface area contributed by atoms with Crippen molar-refractivity contribution in [2.75, 3.05) is 13.1 Å². The summed E-state index contributed by atoms with van der Waals surface area (Å²) in [5, 5.41) is 6.07. The van der Waals surface area contributed by atoms with Crippen molar-refractivity contribution in [2.24, 2.45) is 5.92 Å². The number of likely N-dealkylation sites (tertiary alicyclic amines) is 1. The Kier molecular flexibility index (Phi) is 5.92. The number of nitrogens with zero attached hydrogens (tertiary/aromatic N) is 2. The van der Waals surface area contributed by atoms with Crippen molar-refractivity contribution in [3.63, 3.8) is 0 Å². The second-order valence-electron chi connectivity index (χ2n) is 8.06. The summed E-state index contributed by atoms with van der Waals surface area (Å²) in [6.45, 7) is 3.85. The Morgan fingerprint density at radius 3 is 2.79 bits per heavy atom. The molecule has 1 aliphatic heterocycles. The molecule has 4 rings (SSSR count). The number of aromatic nitrogens is 1. The van der Waals surface area contributed by atoms with Gasteiger partial charge < -0.3 is 10.6 Å². The molecule has 1 aromatic heterocycles. The van der Waals surface area contributed by atoms with Crippen LogP contribution in [0.15, 0.2) is 23.7 Å². The van der Waals surface area contributed by atoms with Crippen LogP contribution >= 0.6 is 11.3 Å². The van der Waals surface area contributed by atoms with E-state index < -0.39 is 0 Å². The van der Waals surface area contributed by atoms with Gasteiger partial charge in [-0.05, 0) is 43.2 Å². The molecule has 0 spiro atoms. The highest BCUT2D eigenvalue weighted by Gasteiger charge is 2.37. The zero-order valence-electron chi connectivity index (χ0n) is 16.3. The van der Waals surface area contributed by atoms with Crippen molar-refractivity contribution in [1.29, 1.82) is 0 Å². The molecule has 0 unspecified atom stereocenters. The minimum Gasteiger partial charge on any atom is -0.355 e. The SMILES string of the molecule is CC(=O)NC[C@@H]1CC[C@H](CC(=O)NCc2cccc3ncsc23)N1CC1CC1. The molecule has 2 fully saturated rings. The molecule has 2 atom stereocenters. The molecule has 7 heteroatoms. The molecule has 1 saturated heterocycles. The number of benzene rings is 1. The summed E-state index contributed by atoms with van der Waals surface area (Å²) in [6.07, 6.45) is 5.18. The summed E-state index contributed by atoms with van der Waals surface area (Å²) in [7, 11) is 0. The maximum absolute atomic E-state index is 12.6. The highest BCUT2D eigenvalue weighted by Crippen LogP contribution is 2.35. The number of hydrogen-bond acceptors (Lipinski definition) is 5. The van der Waals surface area contributed by atoms with Crippen LogP contribution in [0.1, 0.15) is 44.6 Å². The Morgan fingerprint density at radius 2 is 2.00 bits per heavy atom. The standard InChI is InChI=1S/C21H28N4O2S/c1-14(26)22-11-18-8-7-17(25(18)12-15-5-6-15)9-20(27)23-10-16-3-2-4-19-21(16)28-13-24-19/h2-4,13,15,17-18H,5-12H2,1H3,(H,22,26)(H,23,27)/t17-,18+/m1/s1. The molecule has 28 heavy (non-hydrogen) atoms. The number of thiazole rings is 1. The fourth-order valence-electron chi connectivity index (χ4n) is 4.18. The van der Waals surface area contributed by atoms with Gasteiger partial charge in [0.2, 0.25) is 11.8 Å². The van der Waals surface area contributed by atoms with E-state index in [0.29, 0.717) is 25.6 Å². The lowest BCUT2D eigenvalue weighted by Crippen LogP contribution is -2.45. The average molecular weight is 401 g/mol. The second-order valence-corrected chi connectivity index (χ2v) is 8.92. The first kappa shape index (κ1) is 19.3. The average Bonchev–Trinajstić information content (AvgIpc) is 3.22. The van der Waals surface area contributed by atoms with E-state index in [2.05, 4.69) is 26.6 Å². The van der Waals surface area contributed by atoms with Gasteiger partial charge in [-0.25, -0.2) is 4.98 Å². The zero-order chi connectivity index (χ0) is 19.5. The topological polar surface area (TPSA) is 74.3 Å². The third kappa shape index (κ3) is 4.70. The van der Waals surface area contributed by atoms with Crippen LogP contribution in [0, 0.1) is 5.92 Å². The van der Waals surface area contributed by atoms with Crippen molar-refractivity contribution in [3.8, 4) is 0 Å². The van der Waals surface area contributed by atoms with Crippen molar-refractivity contribution < 1.29 is 9.59 Å². The summed E-state index contributed by atoms with van der Waals surface area (Å²) < 4.78 is 1.15. The van der Waals surface area contributed by atoms with E-state index >= 15 is 0 Å². The molecule has 1 aliphatic carbocycles. The van der Waals surface area contributed by atoms with Gasteiger partial charge in [0.05, 0.1) is 15.7 Å². The van der Waals surface area contributed by atoms with Gasteiger partial charge in [0.1, 0.15) is 0 Å². The van der Waals surface area contributed by atoms with Crippen LogP contribution in [0.5, 0.6) is 0 Å². The fourth-order valence-corrected chi connectivity index (χ4v) is 4.98. The largest absolute Gasteiger partial charge is 0.355 e. The van der Waals surface area contributed by atoms with Crippen LogP contribution in [-0.2, 0) is 16.1 Å². The molecule has 0 bridgehead atoms. The number of amides is 2. The van der Waals surface area contributed by atoms with E-state index in [0.717, 1.165) is 41.1 Å². The minimum atomic E-state index is 0.0183. The van der Waals surface area contributed by atoms with E-state index in [1.165, 1.54) is 12.8 Å². The van der Waals surface area contributed by atoms with Crippen LogP contribution < -0.4 is 10.6 Å². The van der Waals surface area contributed by atoms with Crippen molar-refractivity contribution in [1.82, 2.24) is 20.5 Å². The number of nitrogens with one attached hydrogen (secondary N) is 2. The molecule has 2 N–H and O–H groups in total. The predicted octanol–water partition coefficient (Wildman–Crippen LogP) is 2.68. The van der Waals surface area contributed by atoms with Gasteiger partial charge in [-0.3, -0.25) is 14.5 Å². The normalized spacial score (nSPS) is 22.5. The Morgan fingerprint density at radius 1 is 1.18 bits per heavy atom. The molecule has 2 heterocycles. The van der Waals surface area contributed by atoms with Crippen LogP contribution in [0.3, 0.4) is 0 Å². The van der Waals surface area contributed by atoms with Crippen LogP contribution in [0.4, 0.5) is 0 Å². The Hall–Kier alpha value is -1.99. The van der Waals surface area contributed by atoms with E-state index in [1.54, 1.807) is 18.3 Å². The van der Waals surface area contributed by atoms with Crippen LogP contribution in [0.2, 0.25) is 0 Å². The molecule has 6 nitrogen and oxygen atoms in total. The van der Waals surface area contributed by atoms with Crippen molar-refractivity contribution >= 4 is 33.4 Å². The second kappa shape index (κ2) is 8.57. The predicted molar refractivity (Wildman–Crippen MR) is 111 cm³/mol. The molecule has 1 aromatic carbocycles. The molecular weight excluding hydrogens is 372 g/mol. The zero-order valence-corrected chi connectivity index (χ0v) is 17.1. The number of carbonyl (C=O) groups excluding carboxylic acids is 2. The third-order valence-corrected chi connectivity index (χ3v) is 6.78. The third-order valence-electron chi connectivity index (χ3n) is 5.86. The molecular formula is C21H28N4O2S. The first-order valence-electron chi connectivity index (χ1n) is 10.2. The van der Waals surface area contributed by atoms with E-state index in [9.17, 15) is 9.59 Å². The van der Waals surface area contributed by atoms with Gasteiger partial charge in [-0.2, -0.15) is 0 Å². The van der Waals surface area contributed by atoms with E-state index in [1.807, 2.05) is 17.6 Å². The van der Waals surface area contributed by atoms with Crippen molar-refractivity contribution in [2.45, 2.75) is 57.7 Å². The molecule has 0 radical (unpaired) electrons. The quantitative estimate of drug-likeness (QED) is 0.714. The first-order chi connectivity index (χ1) is 13.6. The number of fused-ring (bicyclic) bond motifs is 1. The van der Waals surface area contributed by atoms with Gasteiger partial charge >= 0.3 is 0 Å². The Labute approximate surface area is 169 Å². The van der Waals surface area contributed by atoms with E-state index in [4.69, 9.17) is 0 Å². The van der Waals surface area contributed by atoms with Gasteiger partial charge in [0, 0.05) is 45.1 Å². The number of rotatable bonds is 8. The van der Waals surface area contributed by atoms with Gasteiger partial charge in [0.25, 0.3) is 0 Å². The van der Waals surface area contributed by atoms with Gasteiger partial charge in [-0.1, -0.05) is 12.1 Å². The smallest absolute Gasteiger partial charge is 0.221 e. The first-order valence-corrected chi connectivity index (χ1v) is 11.1. The lowest BCUT2D eigenvalue weighted by atomic mass is 10.1. The summed E-state index contributed by atoms with van der Waals surface area (Å²) >= 11 is 1.62. The minimum absolute atomic E-state index is 0.0183. The lowest BCUT2D eigenvalue weighted by molar-refractivity contribution is -0.122. The van der Waals surface area contributed by atoms with E-state index in [-0.39, 0.29) is 17.9 Å². The molecule has 2 aromatic rings. The van der Waals surface area contributed by atoms with Crippen LogP contribution in [0.25, 0.3) is 10.2 Å². The fraction of sp³-hybridized carbons (Fsp3) is 0.571. The Bertz CT molecular complexity index is 848. The van der Waals surface area contributed by atoms with Gasteiger partial charge in [-0.15, -0.1) is 11.3 Å². The summed E-state index contributed by atoms with van der Waals surface area (Å²) in [4.78, 5) is 30.8. The molecule has 2 amide bonds. The van der Waals surface area contributed by atoms with Gasteiger partial charge in [0.15, 0.2) is 0 Å². The summed E-state index contributed by atoms with van der Waals surface area (Å²) in [5.41, 5.74) is 3.96. The lowest BCUT2D eigenvalue weighted by Gasteiger charge is -2.30. The monoisotopic (exact) mass is 400 g/mol. The molecule has 150 valence electrons. The molecule has 1 saturated carbocycles.